The van der Waals surface area contributed by atoms with Crippen LogP contribution in [0, 0.1) is 11.3 Å². The van der Waals surface area contributed by atoms with Crippen LogP contribution in [0.2, 0.25) is 0 Å². The summed E-state index contributed by atoms with van der Waals surface area (Å²) in [6.45, 7) is 1.32. The van der Waals surface area contributed by atoms with E-state index in [0.717, 1.165) is 24.0 Å². The third-order valence-corrected chi connectivity index (χ3v) is 4.06. The first-order valence-corrected chi connectivity index (χ1v) is 8.62. The Morgan fingerprint density at radius 1 is 1.11 bits per heavy atom. The van der Waals surface area contributed by atoms with Crippen molar-refractivity contribution in [2.24, 2.45) is 0 Å². The van der Waals surface area contributed by atoms with E-state index in [0.29, 0.717) is 17.8 Å². The molecule has 3 aromatic rings. The predicted octanol–water partition coefficient (Wildman–Crippen LogP) is 2.71. The Kier molecular flexibility index (Phi) is 5.80. The topological polar surface area (TPSA) is 99.8 Å². The molecule has 0 saturated heterocycles. The minimum atomic E-state index is -0.373. The van der Waals surface area contributed by atoms with Gasteiger partial charge in [-0.25, -0.2) is 4.98 Å². The monoisotopic (exact) mass is 361 g/mol. The van der Waals surface area contributed by atoms with Gasteiger partial charge in [-0.15, -0.1) is 0 Å². The van der Waals surface area contributed by atoms with Gasteiger partial charge in [0.2, 0.25) is 5.91 Å². The number of fused-ring (bicyclic) bond motifs is 1. The number of nitrogens with one attached hydrogen (secondary N) is 2. The second-order valence-electron chi connectivity index (χ2n) is 6.00. The van der Waals surface area contributed by atoms with Crippen LogP contribution in [-0.4, -0.2) is 27.9 Å². The molecule has 3 rings (SSSR count). The molecule has 1 aromatic heterocycles. The third-order valence-electron chi connectivity index (χ3n) is 4.06. The summed E-state index contributed by atoms with van der Waals surface area (Å²) in [6, 6.07) is 16.3. The van der Waals surface area contributed by atoms with Gasteiger partial charge < -0.3 is 15.2 Å². The first-order valence-electron chi connectivity index (χ1n) is 8.62. The quantitative estimate of drug-likeness (QED) is 0.632. The molecule has 2 aromatic carbocycles. The van der Waals surface area contributed by atoms with Crippen molar-refractivity contribution in [1.29, 1.82) is 5.26 Å². The van der Waals surface area contributed by atoms with Gasteiger partial charge in [0, 0.05) is 24.3 Å². The van der Waals surface area contributed by atoms with E-state index in [-0.39, 0.29) is 18.2 Å². The average Bonchev–Trinajstić information content (AvgIpc) is 3.09. The van der Waals surface area contributed by atoms with Crippen LogP contribution in [-0.2, 0) is 11.3 Å². The van der Waals surface area contributed by atoms with Gasteiger partial charge in [-0.1, -0.05) is 12.1 Å². The molecule has 0 saturated carbocycles. The Morgan fingerprint density at radius 2 is 1.89 bits per heavy atom. The molecule has 0 radical (unpaired) electrons. The zero-order valence-electron chi connectivity index (χ0n) is 14.7. The fourth-order valence-electron chi connectivity index (χ4n) is 2.72. The lowest BCUT2D eigenvalue weighted by molar-refractivity contribution is -0.115. The summed E-state index contributed by atoms with van der Waals surface area (Å²) < 4.78 is 2.07. The van der Waals surface area contributed by atoms with Gasteiger partial charge in [0.25, 0.3) is 5.91 Å². The van der Waals surface area contributed by atoms with Crippen LogP contribution in [0.1, 0.15) is 23.2 Å². The van der Waals surface area contributed by atoms with Gasteiger partial charge in [0.1, 0.15) is 6.42 Å². The highest BCUT2D eigenvalue weighted by Crippen LogP contribution is 2.12. The number of carbonyl (C=O) groups excluding carboxylic acids is 2. The largest absolute Gasteiger partial charge is 0.352 e. The van der Waals surface area contributed by atoms with Crippen molar-refractivity contribution in [1.82, 2.24) is 14.9 Å². The van der Waals surface area contributed by atoms with E-state index in [1.54, 1.807) is 30.3 Å². The Hall–Kier alpha value is -3.66. The predicted molar refractivity (Wildman–Crippen MR) is 102 cm³/mol. The Labute approximate surface area is 156 Å². The number of imidazole rings is 1. The van der Waals surface area contributed by atoms with Crippen molar-refractivity contribution in [3.63, 3.8) is 0 Å². The highest BCUT2D eigenvalue weighted by atomic mass is 16.2. The molecule has 27 heavy (non-hydrogen) atoms. The maximum Gasteiger partial charge on any atom is 0.251 e. The summed E-state index contributed by atoms with van der Waals surface area (Å²) >= 11 is 0. The van der Waals surface area contributed by atoms with E-state index in [2.05, 4.69) is 20.2 Å². The van der Waals surface area contributed by atoms with Gasteiger partial charge in [0.15, 0.2) is 0 Å². The third kappa shape index (κ3) is 4.70. The Balaban J connectivity index is 1.46. The zero-order valence-corrected chi connectivity index (χ0v) is 14.7. The van der Waals surface area contributed by atoms with E-state index in [1.165, 1.54) is 0 Å². The molecule has 1 heterocycles. The number of hydrogen-bond donors (Lipinski definition) is 2. The van der Waals surface area contributed by atoms with Crippen LogP contribution in [0.5, 0.6) is 0 Å². The second-order valence-corrected chi connectivity index (χ2v) is 6.00. The minimum absolute atomic E-state index is 0.166. The number of rotatable bonds is 7. The fourth-order valence-corrected chi connectivity index (χ4v) is 2.72. The lowest BCUT2D eigenvalue weighted by atomic mass is 10.2. The molecule has 0 aliphatic carbocycles. The number of nitriles is 1. The lowest BCUT2D eigenvalue weighted by Gasteiger charge is -2.08. The molecule has 0 atom stereocenters. The number of carbonyl (C=O) groups is 2. The van der Waals surface area contributed by atoms with Crippen molar-refractivity contribution in [3.8, 4) is 6.07 Å². The zero-order chi connectivity index (χ0) is 19.1. The smallest absolute Gasteiger partial charge is 0.251 e. The molecule has 0 spiro atoms. The normalized spacial score (nSPS) is 10.3. The number of aromatic nitrogens is 2. The van der Waals surface area contributed by atoms with Crippen molar-refractivity contribution in [2.45, 2.75) is 19.4 Å². The number of aryl methyl sites for hydroxylation is 1. The van der Waals surface area contributed by atoms with E-state index in [1.807, 2.05) is 30.6 Å². The molecule has 0 aliphatic rings. The van der Waals surface area contributed by atoms with Crippen molar-refractivity contribution >= 4 is 28.5 Å². The van der Waals surface area contributed by atoms with E-state index in [4.69, 9.17) is 5.26 Å². The summed E-state index contributed by atoms with van der Waals surface area (Å²) in [5, 5.41) is 14.0. The number of amides is 2. The number of anilines is 1. The van der Waals surface area contributed by atoms with Gasteiger partial charge in [-0.2, -0.15) is 5.26 Å². The molecule has 136 valence electrons. The number of nitrogens with zero attached hydrogens (tertiary/aromatic N) is 3. The Bertz CT molecular complexity index is 986. The maximum atomic E-state index is 12.2. The van der Waals surface area contributed by atoms with Gasteiger partial charge in [-0.3, -0.25) is 9.59 Å². The molecule has 0 bridgehead atoms. The van der Waals surface area contributed by atoms with Crippen molar-refractivity contribution < 1.29 is 9.59 Å². The maximum absolute atomic E-state index is 12.2. The van der Waals surface area contributed by atoms with Crippen LogP contribution in [0.25, 0.3) is 11.0 Å². The molecule has 7 nitrogen and oxygen atoms in total. The van der Waals surface area contributed by atoms with E-state index >= 15 is 0 Å². The molecule has 2 amide bonds. The first-order chi connectivity index (χ1) is 13.2. The summed E-state index contributed by atoms with van der Waals surface area (Å²) in [7, 11) is 0. The first kappa shape index (κ1) is 18.1. The van der Waals surface area contributed by atoms with Crippen molar-refractivity contribution in [3.05, 3.63) is 60.4 Å². The minimum Gasteiger partial charge on any atom is -0.352 e. The van der Waals surface area contributed by atoms with Crippen LogP contribution < -0.4 is 10.6 Å². The number of benzene rings is 2. The van der Waals surface area contributed by atoms with Crippen molar-refractivity contribution in [2.75, 3.05) is 11.9 Å². The number of hydrogen-bond acceptors (Lipinski definition) is 4. The molecule has 7 heteroatoms. The van der Waals surface area contributed by atoms with Crippen LogP contribution in [0.3, 0.4) is 0 Å². The highest BCUT2D eigenvalue weighted by molar-refractivity contribution is 5.96. The van der Waals surface area contributed by atoms with E-state index < -0.39 is 0 Å². The van der Waals surface area contributed by atoms with E-state index in [9.17, 15) is 9.59 Å². The molecule has 2 N–H and O–H groups in total. The summed E-state index contributed by atoms with van der Waals surface area (Å²) in [5.74, 6) is -0.540. The Morgan fingerprint density at radius 3 is 2.67 bits per heavy atom. The standard InChI is InChI=1S/C20H19N5O2/c21-11-10-19(26)24-16-8-6-15(7-9-16)20(27)22-12-3-13-25-14-23-17-4-1-2-5-18(17)25/h1-2,4-9,14H,3,10,12-13H2,(H,22,27)(H,24,26). The van der Waals surface area contributed by atoms with Crippen LogP contribution >= 0.6 is 0 Å². The lowest BCUT2D eigenvalue weighted by Crippen LogP contribution is -2.25. The van der Waals surface area contributed by atoms with Gasteiger partial charge >= 0.3 is 0 Å². The molecule has 0 fully saturated rings. The van der Waals surface area contributed by atoms with Gasteiger partial charge in [-0.05, 0) is 42.8 Å². The molecular weight excluding hydrogens is 342 g/mol. The summed E-state index contributed by atoms with van der Waals surface area (Å²) in [4.78, 5) is 27.9. The number of para-hydroxylation sites is 2. The summed E-state index contributed by atoms with van der Waals surface area (Å²) in [5.41, 5.74) is 3.11. The summed E-state index contributed by atoms with van der Waals surface area (Å²) in [6.07, 6.45) is 2.40. The fraction of sp³-hybridized carbons (Fsp3) is 0.200. The van der Waals surface area contributed by atoms with Crippen LogP contribution in [0.4, 0.5) is 5.69 Å². The SMILES string of the molecule is N#CCC(=O)Nc1ccc(C(=O)NCCCn2cnc3ccccc32)cc1. The molecular formula is C20H19N5O2. The molecule has 0 aliphatic heterocycles. The molecule has 0 unspecified atom stereocenters. The van der Waals surface area contributed by atoms with Gasteiger partial charge in [0.05, 0.1) is 23.4 Å². The second kappa shape index (κ2) is 8.63. The van der Waals surface area contributed by atoms with Crippen LogP contribution in [0.15, 0.2) is 54.9 Å². The average molecular weight is 361 g/mol. The highest BCUT2D eigenvalue weighted by Gasteiger charge is 2.07.